The molecule has 0 heterocycles. The standard InChI is InChI=1S/C36H53NO3/c1-6-10-33(37-25(7-2)8-3)24-11-9-12-27(21-24)40-20-19-36-18-17-28-29-14-13-26(38)22-32(29)35(4,5)23-30(28)31(36)15-16-34(36)39/h9,11-12,21-22,25,28-31,33,37H,6-8,10,13-20,23H2,1-5H3. The van der Waals surface area contributed by atoms with Crippen molar-refractivity contribution in [2.24, 2.45) is 34.5 Å². The van der Waals surface area contributed by atoms with Gasteiger partial charge in [-0.3, -0.25) is 9.59 Å². The number of fused-ring (bicyclic) bond motifs is 5. The number of benzene rings is 1. The van der Waals surface area contributed by atoms with E-state index in [9.17, 15) is 9.59 Å². The molecule has 40 heavy (non-hydrogen) atoms. The van der Waals surface area contributed by atoms with Crippen molar-refractivity contribution in [2.45, 2.75) is 124 Å². The fourth-order valence-electron chi connectivity index (χ4n) is 9.42. The van der Waals surface area contributed by atoms with Gasteiger partial charge in [-0.1, -0.05) is 58.7 Å². The molecule has 3 saturated carbocycles. The molecule has 6 unspecified atom stereocenters. The van der Waals surface area contributed by atoms with Crippen molar-refractivity contribution < 1.29 is 14.3 Å². The summed E-state index contributed by atoms with van der Waals surface area (Å²) in [5.74, 6) is 3.94. The lowest BCUT2D eigenvalue weighted by Gasteiger charge is -2.57. The van der Waals surface area contributed by atoms with E-state index in [1.165, 1.54) is 11.1 Å². The molecule has 5 rings (SSSR count). The number of hydrogen-bond acceptors (Lipinski definition) is 4. The van der Waals surface area contributed by atoms with E-state index in [0.29, 0.717) is 60.3 Å². The van der Waals surface area contributed by atoms with Crippen LogP contribution in [0, 0.1) is 34.5 Å². The number of nitrogens with one attached hydrogen (secondary N) is 1. The highest BCUT2D eigenvalue weighted by molar-refractivity contribution is 5.91. The van der Waals surface area contributed by atoms with Crippen LogP contribution in [0.1, 0.15) is 123 Å². The second kappa shape index (κ2) is 12.1. The Morgan fingerprint density at radius 3 is 2.58 bits per heavy atom. The van der Waals surface area contributed by atoms with Crippen molar-refractivity contribution in [3.63, 3.8) is 0 Å². The molecule has 3 fully saturated rings. The van der Waals surface area contributed by atoms with Gasteiger partial charge in [0, 0.05) is 30.3 Å². The zero-order valence-electron chi connectivity index (χ0n) is 25.8. The van der Waals surface area contributed by atoms with Crippen molar-refractivity contribution in [3.8, 4) is 5.75 Å². The number of rotatable bonds is 11. The lowest BCUT2D eigenvalue weighted by Crippen LogP contribution is -2.51. The Morgan fingerprint density at radius 2 is 1.82 bits per heavy atom. The monoisotopic (exact) mass is 547 g/mol. The number of carbonyl (C=O) groups is 2. The largest absolute Gasteiger partial charge is 0.494 e. The minimum Gasteiger partial charge on any atom is -0.494 e. The maximum atomic E-state index is 13.6. The van der Waals surface area contributed by atoms with Crippen LogP contribution in [-0.2, 0) is 9.59 Å². The van der Waals surface area contributed by atoms with E-state index in [0.717, 1.165) is 76.4 Å². The molecule has 6 atom stereocenters. The molecule has 4 aliphatic rings. The molecule has 0 bridgehead atoms. The van der Waals surface area contributed by atoms with Gasteiger partial charge in [-0.15, -0.1) is 0 Å². The second-order valence-corrected chi connectivity index (χ2v) is 14.1. The van der Waals surface area contributed by atoms with Gasteiger partial charge in [-0.25, -0.2) is 0 Å². The lowest BCUT2D eigenvalue weighted by molar-refractivity contribution is -0.135. The molecule has 1 aromatic carbocycles. The summed E-state index contributed by atoms with van der Waals surface area (Å²) in [6, 6.07) is 9.53. The first-order valence-electron chi connectivity index (χ1n) is 16.5. The molecule has 220 valence electrons. The minimum absolute atomic E-state index is 0.0468. The Hall–Kier alpha value is -1.94. The Balaban J connectivity index is 1.29. The van der Waals surface area contributed by atoms with Gasteiger partial charge in [0.2, 0.25) is 0 Å². The summed E-state index contributed by atoms with van der Waals surface area (Å²) in [5.41, 5.74) is 2.54. The van der Waals surface area contributed by atoms with Crippen LogP contribution >= 0.6 is 0 Å². The van der Waals surface area contributed by atoms with Gasteiger partial charge in [0.25, 0.3) is 0 Å². The average Bonchev–Trinajstić information content (AvgIpc) is 3.27. The maximum absolute atomic E-state index is 13.6. The predicted molar refractivity (Wildman–Crippen MR) is 162 cm³/mol. The summed E-state index contributed by atoms with van der Waals surface area (Å²) in [5, 5.41) is 3.87. The first-order chi connectivity index (χ1) is 19.2. The molecule has 0 amide bonds. The molecule has 1 aromatic rings. The maximum Gasteiger partial charge on any atom is 0.155 e. The Bertz CT molecular complexity index is 1100. The van der Waals surface area contributed by atoms with Crippen LogP contribution < -0.4 is 10.1 Å². The van der Waals surface area contributed by atoms with Crippen LogP contribution in [0.4, 0.5) is 0 Å². The van der Waals surface area contributed by atoms with Crippen LogP contribution in [0.5, 0.6) is 5.75 Å². The highest BCUT2D eigenvalue weighted by Gasteiger charge is 2.60. The number of Topliss-reactive ketones (excluding diaryl/α,β-unsaturated/α-hetero) is 1. The van der Waals surface area contributed by atoms with E-state index >= 15 is 0 Å². The van der Waals surface area contributed by atoms with Crippen molar-refractivity contribution in [3.05, 3.63) is 41.5 Å². The molecule has 1 N–H and O–H groups in total. The van der Waals surface area contributed by atoms with Crippen molar-refractivity contribution in [1.29, 1.82) is 0 Å². The average molecular weight is 548 g/mol. The summed E-state index contributed by atoms with van der Waals surface area (Å²) in [6.45, 7) is 12.1. The number of ether oxygens (including phenoxy) is 1. The van der Waals surface area contributed by atoms with Crippen LogP contribution in [0.2, 0.25) is 0 Å². The third-order valence-electron chi connectivity index (χ3n) is 11.5. The fraction of sp³-hybridized carbons (Fsp3) is 0.722. The first kappa shape index (κ1) is 29.5. The number of hydrogen-bond donors (Lipinski definition) is 1. The molecule has 0 saturated heterocycles. The van der Waals surface area contributed by atoms with Gasteiger partial charge < -0.3 is 10.1 Å². The summed E-state index contributed by atoms with van der Waals surface area (Å²) < 4.78 is 6.43. The van der Waals surface area contributed by atoms with E-state index in [-0.39, 0.29) is 10.8 Å². The summed E-state index contributed by atoms with van der Waals surface area (Å²) in [7, 11) is 0. The van der Waals surface area contributed by atoms with Gasteiger partial charge in [-0.2, -0.15) is 0 Å². The third kappa shape index (κ3) is 5.59. The van der Waals surface area contributed by atoms with Crippen LogP contribution in [0.3, 0.4) is 0 Å². The summed E-state index contributed by atoms with van der Waals surface area (Å²) in [6.07, 6.45) is 14.1. The number of allylic oxidation sites excluding steroid dienone is 1. The highest BCUT2D eigenvalue weighted by atomic mass is 16.5. The normalized spacial score (nSPS) is 31.8. The van der Waals surface area contributed by atoms with Gasteiger partial charge in [0.05, 0.1) is 6.61 Å². The molecular weight excluding hydrogens is 494 g/mol. The quantitative estimate of drug-likeness (QED) is 0.302. The predicted octanol–water partition coefficient (Wildman–Crippen LogP) is 8.40. The van der Waals surface area contributed by atoms with Gasteiger partial charge in [0.1, 0.15) is 11.5 Å². The van der Waals surface area contributed by atoms with Crippen molar-refractivity contribution in [2.75, 3.05) is 6.61 Å². The van der Waals surface area contributed by atoms with Gasteiger partial charge in [0.15, 0.2) is 5.78 Å². The molecule has 4 aliphatic carbocycles. The summed E-state index contributed by atoms with van der Waals surface area (Å²) >= 11 is 0. The smallest absolute Gasteiger partial charge is 0.155 e. The molecule has 0 spiro atoms. The Morgan fingerprint density at radius 1 is 1.02 bits per heavy atom. The molecule has 4 nitrogen and oxygen atoms in total. The second-order valence-electron chi connectivity index (χ2n) is 14.1. The van der Waals surface area contributed by atoms with Crippen LogP contribution in [-0.4, -0.2) is 24.2 Å². The first-order valence-corrected chi connectivity index (χ1v) is 16.5. The third-order valence-corrected chi connectivity index (χ3v) is 11.5. The molecule has 0 radical (unpaired) electrons. The van der Waals surface area contributed by atoms with E-state index in [2.05, 4.69) is 64.2 Å². The van der Waals surface area contributed by atoms with Crippen LogP contribution in [0.25, 0.3) is 0 Å². The summed E-state index contributed by atoms with van der Waals surface area (Å²) in [4.78, 5) is 25.9. The zero-order chi connectivity index (χ0) is 28.5. The minimum atomic E-state index is -0.220. The Kier molecular flexibility index (Phi) is 8.95. The zero-order valence-corrected chi connectivity index (χ0v) is 25.8. The highest BCUT2D eigenvalue weighted by Crippen LogP contribution is 2.64. The lowest BCUT2D eigenvalue weighted by atomic mass is 9.47. The number of carbonyl (C=O) groups excluding carboxylic acids is 2. The molecule has 4 heteroatoms. The van der Waals surface area contributed by atoms with E-state index < -0.39 is 0 Å². The van der Waals surface area contributed by atoms with Gasteiger partial charge >= 0.3 is 0 Å². The topological polar surface area (TPSA) is 55.4 Å². The molecule has 0 aromatic heterocycles. The van der Waals surface area contributed by atoms with Gasteiger partial charge in [-0.05, 0) is 111 Å². The molecular formula is C36H53NO3. The molecule has 0 aliphatic heterocycles. The Labute approximate surface area is 243 Å². The van der Waals surface area contributed by atoms with E-state index in [1.54, 1.807) is 0 Å². The fourth-order valence-corrected chi connectivity index (χ4v) is 9.42. The van der Waals surface area contributed by atoms with Crippen LogP contribution in [0.15, 0.2) is 35.9 Å². The van der Waals surface area contributed by atoms with E-state index in [4.69, 9.17) is 4.74 Å². The van der Waals surface area contributed by atoms with E-state index in [1.807, 2.05) is 6.08 Å². The number of ketones is 2. The van der Waals surface area contributed by atoms with Crippen molar-refractivity contribution in [1.82, 2.24) is 5.32 Å². The SMILES string of the molecule is CCCC(NC(CC)CC)c1cccc(OCCC23CCC4C5CCC(=O)C=C5C(C)(C)CC4C2CCC3=O)c1. The van der Waals surface area contributed by atoms with Crippen molar-refractivity contribution >= 4 is 11.6 Å².